The van der Waals surface area contributed by atoms with Gasteiger partial charge in [0.25, 0.3) is 0 Å². The molecule has 4 heteroatoms. The summed E-state index contributed by atoms with van der Waals surface area (Å²) >= 11 is 0. The maximum Gasteiger partial charge on any atom is 0.108 e. The van der Waals surface area contributed by atoms with Gasteiger partial charge in [-0.2, -0.15) is 5.26 Å². The summed E-state index contributed by atoms with van der Waals surface area (Å²) in [6.45, 7) is 7.86. The first-order chi connectivity index (χ1) is 9.19. The van der Waals surface area contributed by atoms with Crippen LogP contribution in [-0.4, -0.2) is 61.2 Å². The molecule has 0 spiro atoms. The van der Waals surface area contributed by atoms with Gasteiger partial charge in [0.15, 0.2) is 0 Å². The van der Waals surface area contributed by atoms with Crippen molar-refractivity contribution >= 4 is 0 Å². The standard InChI is InChI=1S/C15H28N4/c1-3-7-17-15(13-16)6-5-14(12-15)19-9-4-8-18(2)10-11-19/h14,17H,3-12H2,1-2H3. The Bertz CT molecular complexity index is 325. The van der Waals surface area contributed by atoms with Crippen LogP contribution in [0.3, 0.4) is 0 Å². The molecule has 1 heterocycles. The molecule has 1 N–H and O–H groups in total. The second-order valence-corrected chi connectivity index (χ2v) is 6.21. The lowest BCUT2D eigenvalue weighted by atomic mass is 9.99. The van der Waals surface area contributed by atoms with Crippen LogP contribution in [0.2, 0.25) is 0 Å². The lowest BCUT2D eigenvalue weighted by Gasteiger charge is -2.29. The Morgan fingerprint density at radius 1 is 1.32 bits per heavy atom. The highest BCUT2D eigenvalue weighted by molar-refractivity contribution is 5.13. The highest BCUT2D eigenvalue weighted by Gasteiger charge is 2.41. The van der Waals surface area contributed by atoms with Gasteiger partial charge in [-0.3, -0.25) is 10.2 Å². The first kappa shape index (κ1) is 14.8. The van der Waals surface area contributed by atoms with Crippen molar-refractivity contribution in [2.24, 2.45) is 0 Å². The first-order valence-corrected chi connectivity index (χ1v) is 7.78. The zero-order valence-electron chi connectivity index (χ0n) is 12.5. The SMILES string of the molecule is CCCNC1(C#N)CCC(N2CCCN(C)CC2)C1. The van der Waals surface area contributed by atoms with E-state index in [4.69, 9.17) is 0 Å². The quantitative estimate of drug-likeness (QED) is 0.834. The summed E-state index contributed by atoms with van der Waals surface area (Å²) < 4.78 is 0. The fraction of sp³-hybridized carbons (Fsp3) is 0.933. The molecule has 108 valence electrons. The fourth-order valence-corrected chi connectivity index (χ4v) is 3.43. The Balaban J connectivity index is 1.91. The molecular formula is C15H28N4. The molecule has 0 aromatic heterocycles. The van der Waals surface area contributed by atoms with Crippen molar-refractivity contribution in [2.45, 2.75) is 50.6 Å². The molecule has 4 nitrogen and oxygen atoms in total. The minimum absolute atomic E-state index is 0.251. The van der Waals surface area contributed by atoms with Gasteiger partial charge in [0.1, 0.15) is 5.54 Å². The van der Waals surface area contributed by atoms with Gasteiger partial charge in [0.2, 0.25) is 0 Å². The van der Waals surface area contributed by atoms with Gasteiger partial charge < -0.3 is 4.90 Å². The van der Waals surface area contributed by atoms with Crippen LogP contribution >= 0.6 is 0 Å². The van der Waals surface area contributed by atoms with E-state index in [1.165, 1.54) is 32.5 Å². The molecule has 1 saturated heterocycles. The molecule has 1 saturated carbocycles. The van der Waals surface area contributed by atoms with Gasteiger partial charge in [-0.25, -0.2) is 0 Å². The smallest absolute Gasteiger partial charge is 0.108 e. The van der Waals surface area contributed by atoms with E-state index in [0.717, 1.165) is 32.4 Å². The van der Waals surface area contributed by atoms with Crippen LogP contribution in [0.1, 0.15) is 39.0 Å². The molecule has 0 radical (unpaired) electrons. The predicted molar refractivity (Wildman–Crippen MR) is 78.0 cm³/mol. The predicted octanol–water partition coefficient (Wildman–Crippen LogP) is 1.44. The third-order valence-electron chi connectivity index (χ3n) is 4.69. The molecule has 2 unspecified atom stereocenters. The second-order valence-electron chi connectivity index (χ2n) is 6.21. The van der Waals surface area contributed by atoms with Crippen LogP contribution in [0, 0.1) is 11.3 Å². The van der Waals surface area contributed by atoms with Gasteiger partial charge >= 0.3 is 0 Å². The molecule has 0 amide bonds. The van der Waals surface area contributed by atoms with Crippen LogP contribution < -0.4 is 5.32 Å². The van der Waals surface area contributed by atoms with Gasteiger partial charge in [-0.1, -0.05) is 6.92 Å². The van der Waals surface area contributed by atoms with Crippen LogP contribution in [0.5, 0.6) is 0 Å². The number of hydrogen-bond donors (Lipinski definition) is 1. The summed E-state index contributed by atoms with van der Waals surface area (Å²) in [4.78, 5) is 5.04. The Morgan fingerprint density at radius 3 is 2.89 bits per heavy atom. The van der Waals surface area contributed by atoms with Crippen molar-refractivity contribution in [2.75, 3.05) is 39.8 Å². The maximum atomic E-state index is 9.52. The average Bonchev–Trinajstić information content (AvgIpc) is 2.73. The summed E-state index contributed by atoms with van der Waals surface area (Å²) in [5.74, 6) is 0. The Hall–Kier alpha value is -0.630. The molecule has 2 fully saturated rings. The average molecular weight is 264 g/mol. The Morgan fingerprint density at radius 2 is 2.16 bits per heavy atom. The summed E-state index contributed by atoms with van der Waals surface area (Å²) in [5.41, 5.74) is -0.251. The van der Waals surface area contributed by atoms with Crippen LogP contribution in [0.15, 0.2) is 0 Å². The van der Waals surface area contributed by atoms with E-state index in [2.05, 4.69) is 35.2 Å². The highest BCUT2D eigenvalue weighted by Crippen LogP contribution is 2.33. The molecule has 2 aliphatic rings. The number of nitriles is 1. The second kappa shape index (κ2) is 6.69. The largest absolute Gasteiger partial charge is 0.305 e. The Kier molecular flexibility index (Phi) is 5.20. The molecule has 19 heavy (non-hydrogen) atoms. The molecule has 0 aromatic carbocycles. The number of likely N-dealkylation sites (N-methyl/N-ethyl adjacent to an activating group) is 1. The van der Waals surface area contributed by atoms with Crippen molar-refractivity contribution in [1.29, 1.82) is 5.26 Å². The molecule has 2 rings (SSSR count). The summed E-state index contributed by atoms with van der Waals surface area (Å²) in [5, 5.41) is 13.0. The lowest BCUT2D eigenvalue weighted by Crippen LogP contribution is -2.44. The van der Waals surface area contributed by atoms with Crippen molar-refractivity contribution < 1.29 is 0 Å². The zero-order chi connectivity index (χ0) is 13.7. The monoisotopic (exact) mass is 264 g/mol. The van der Waals surface area contributed by atoms with Crippen LogP contribution in [0.4, 0.5) is 0 Å². The molecule has 1 aliphatic carbocycles. The maximum absolute atomic E-state index is 9.52. The van der Waals surface area contributed by atoms with E-state index in [0.29, 0.717) is 6.04 Å². The van der Waals surface area contributed by atoms with Crippen molar-refractivity contribution in [3.63, 3.8) is 0 Å². The minimum atomic E-state index is -0.251. The van der Waals surface area contributed by atoms with E-state index < -0.39 is 0 Å². The zero-order valence-corrected chi connectivity index (χ0v) is 12.5. The van der Waals surface area contributed by atoms with Crippen LogP contribution in [-0.2, 0) is 0 Å². The van der Waals surface area contributed by atoms with E-state index >= 15 is 0 Å². The van der Waals surface area contributed by atoms with E-state index in [1.807, 2.05) is 0 Å². The Labute approximate surface area is 117 Å². The third-order valence-corrected chi connectivity index (χ3v) is 4.69. The summed E-state index contributed by atoms with van der Waals surface area (Å²) in [6.07, 6.45) is 5.55. The highest BCUT2D eigenvalue weighted by atomic mass is 15.2. The summed E-state index contributed by atoms with van der Waals surface area (Å²) in [6, 6.07) is 3.16. The third kappa shape index (κ3) is 3.68. The van der Waals surface area contributed by atoms with Crippen molar-refractivity contribution in [3.8, 4) is 6.07 Å². The van der Waals surface area contributed by atoms with E-state index in [1.54, 1.807) is 0 Å². The van der Waals surface area contributed by atoms with Gasteiger partial charge in [0, 0.05) is 19.1 Å². The molecule has 1 aliphatic heterocycles. The molecule has 2 atom stereocenters. The van der Waals surface area contributed by atoms with Crippen molar-refractivity contribution in [3.05, 3.63) is 0 Å². The lowest BCUT2D eigenvalue weighted by molar-refractivity contribution is 0.198. The van der Waals surface area contributed by atoms with Gasteiger partial charge in [-0.15, -0.1) is 0 Å². The van der Waals surface area contributed by atoms with E-state index in [-0.39, 0.29) is 5.54 Å². The van der Waals surface area contributed by atoms with E-state index in [9.17, 15) is 5.26 Å². The molecule has 0 aromatic rings. The number of nitrogens with zero attached hydrogens (tertiary/aromatic N) is 3. The first-order valence-electron chi connectivity index (χ1n) is 7.78. The summed E-state index contributed by atoms with van der Waals surface area (Å²) in [7, 11) is 2.21. The number of rotatable bonds is 4. The number of hydrogen-bond acceptors (Lipinski definition) is 4. The van der Waals surface area contributed by atoms with Gasteiger partial charge in [0.05, 0.1) is 6.07 Å². The number of nitrogens with one attached hydrogen (secondary N) is 1. The van der Waals surface area contributed by atoms with Crippen LogP contribution in [0.25, 0.3) is 0 Å². The fourth-order valence-electron chi connectivity index (χ4n) is 3.43. The normalized spacial score (nSPS) is 34.1. The molecule has 0 bridgehead atoms. The van der Waals surface area contributed by atoms with Crippen molar-refractivity contribution in [1.82, 2.24) is 15.1 Å². The topological polar surface area (TPSA) is 42.3 Å². The molecular weight excluding hydrogens is 236 g/mol. The minimum Gasteiger partial charge on any atom is -0.305 e. The van der Waals surface area contributed by atoms with Gasteiger partial charge in [-0.05, 0) is 58.8 Å².